The molecule has 3 aliphatic rings. The number of nitrogens with one attached hydrogen (secondary N) is 1. The molecule has 0 saturated heterocycles. The minimum atomic E-state index is -1.09. The van der Waals surface area contributed by atoms with Gasteiger partial charge in [-0.2, -0.15) is 0 Å². The second-order valence-corrected chi connectivity index (χ2v) is 12.7. The Morgan fingerprint density at radius 1 is 0.886 bits per heavy atom. The molecule has 7 rings (SSSR count). The van der Waals surface area contributed by atoms with Gasteiger partial charge in [-0.1, -0.05) is 87.6 Å². The Labute approximate surface area is 261 Å². The number of rotatable bonds is 8. The average Bonchev–Trinajstić information content (AvgIpc) is 3.35. The van der Waals surface area contributed by atoms with E-state index in [0.717, 1.165) is 58.0 Å². The third-order valence-corrected chi connectivity index (χ3v) is 9.99. The molecular weight excluding hydrogens is 544 g/mol. The lowest BCUT2D eigenvalue weighted by atomic mass is 9.76. The van der Waals surface area contributed by atoms with Gasteiger partial charge in [0.2, 0.25) is 0 Å². The van der Waals surface area contributed by atoms with Crippen LogP contribution in [-0.2, 0) is 10.3 Å². The highest BCUT2D eigenvalue weighted by Crippen LogP contribution is 2.57. The number of anilines is 2. The van der Waals surface area contributed by atoms with Gasteiger partial charge in [-0.15, -0.1) is 0 Å². The molecule has 2 heterocycles. The summed E-state index contributed by atoms with van der Waals surface area (Å²) in [6.07, 6.45) is 9.95. The maximum absolute atomic E-state index is 13.5. The van der Waals surface area contributed by atoms with Gasteiger partial charge in [0.25, 0.3) is 0 Å². The fraction of sp³-hybridized carbons (Fsp3) is 0.359. The van der Waals surface area contributed by atoms with Gasteiger partial charge in [0.05, 0.1) is 5.56 Å². The summed E-state index contributed by atoms with van der Waals surface area (Å²) in [6, 6.07) is 29.6. The van der Waals surface area contributed by atoms with Crippen LogP contribution < -0.4 is 10.1 Å². The van der Waals surface area contributed by atoms with E-state index in [4.69, 9.17) is 9.47 Å². The monoisotopic (exact) mass is 586 g/mol. The number of esters is 1. The molecule has 0 bridgehead atoms. The molecule has 1 saturated carbocycles. The maximum Gasteiger partial charge on any atom is 0.340 e. The summed E-state index contributed by atoms with van der Waals surface area (Å²) in [5, 5.41) is 3.57. The van der Waals surface area contributed by atoms with Crippen molar-refractivity contribution in [1.82, 2.24) is 4.90 Å². The molecule has 0 aromatic heterocycles. The lowest BCUT2D eigenvalue weighted by Gasteiger charge is -2.39. The van der Waals surface area contributed by atoms with Gasteiger partial charge in [-0.05, 0) is 80.8 Å². The van der Waals surface area contributed by atoms with E-state index in [9.17, 15) is 4.79 Å². The van der Waals surface area contributed by atoms with Gasteiger partial charge in [0.1, 0.15) is 11.5 Å². The van der Waals surface area contributed by atoms with Crippen LogP contribution in [-0.4, -0.2) is 24.0 Å². The number of para-hydroxylation sites is 1. The van der Waals surface area contributed by atoms with Crippen molar-refractivity contribution < 1.29 is 14.3 Å². The SMILES string of the molecule is CCCCC(c1ccc2c(c1)Oc1cc(C)c(Nc3ccccc3)cc1C21OC(=O)c2ccccc21)N(C)C1CCCCC1. The lowest BCUT2D eigenvalue weighted by molar-refractivity contribution is 0.0224. The fourth-order valence-corrected chi connectivity index (χ4v) is 7.60. The van der Waals surface area contributed by atoms with Crippen molar-refractivity contribution in [3.05, 3.63) is 118 Å². The average molecular weight is 587 g/mol. The van der Waals surface area contributed by atoms with Crippen molar-refractivity contribution in [1.29, 1.82) is 0 Å². The van der Waals surface area contributed by atoms with E-state index in [0.29, 0.717) is 17.6 Å². The molecule has 0 amide bonds. The number of nitrogens with zero attached hydrogens (tertiary/aromatic N) is 1. The molecular formula is C39H42N2O3. The summed E-state index contributed by atoms with van der Waals surface area (Å²) in [5.74, 6) is 1.18. The first kappa shape index (κ1) is 28.7. The lowest BCUT2D eigenvalue weighted by Crippen LogP contribution is -2.37. The van der Waals surface area contributed by atoms with Crippen LogP contribution in [0, 0.1) is 6.92 Å². The molecule has 1 aliphatic carbocycles. The molecule has 4 aromatic carbocycles. The highest BCUT2D eigenvalue weighted by Gasteiger charge is 2.53. The largest absolute Gasteiger partial charge is 0.456 e. The number of fused-ring (bicyclic) bond motifs is 6. The van der Waals surface area contributed by atoms with Crippen LogP contribution >= 0.6 is 0 Å². The fourth-order valence-electron chi connectivity index (χ4n) is 7.60. The summed E-state index contributed by atoms with van der Waals surface area (Å²) in [7, 11) is 2.31. The first-order valence-corrected chi connectivity index (χ1v) is 16.3. The molecule has 2 unspecified atom stereocenters. The van der Waals surface area contributed by atoms with Gasteiger partial charge in [0.15, 0.2) is 5.60 Å². The zero-order valence-electron chi connectivity index (χ0n) is 26.1. The summed E-state index contributed by atoms with van der Waals surface area (Å²) < 4.78 is 13.3. The first-order valence-electron chi connectivity index (χ1n) is 16.3. The molecule has 44 heavy (non-hydrogen) atoms. The Bertz CT molecular complexity index is 1680. The van der Waals surface area contributed by atoms with Crippen molar-refractivity contribution in [2.24, 2.45) is 0 Å². The molecule has 1 fully saturated rings. The highest BCUT2D eigenvalue weighted by atomic mass is 16.6. The van der Waals surface area contributed by atoms with E-state index in [-0.39, 0.29) is 5.97 Å². The number of benzene rings is 4. The number of carbonyl (C=O) groups is 1. The number of hydrogen-bond acceptors (Lipinski definition) is 5. The van der Waals surface area contributed by atoms with Crippen LogP contribution in [0.15, 0.2) is 84.9 Å². The summed E-state index contributed by atoms with van der Waals surface area (Å²) in [5.41, 5.74) is 6.34. The standard InChI is InChI=1S/C39H42N2O3/c1-4-5-20-35(41(3)29-16-10-7-11-17-29)27-21-22-32-37(24-27)43-36-23-26(2)34(40-28-14-8-6-9-15-28)25-33(36)39(32)31-19-13-12-18-30(31)38(42)44-39/h6,8-9,12-15,18-19,21-25,29,35,40H,4-5,7,10-11,16-17,20H2,1-3H3. The Morgan fingerprint density at radius 3 is 2.43 bits per heavy atom. The zero-order chi connectivity index (χ0) is 30.3. The van der Waals surface area contributed by atoms with Crippen LogP contribution in [0.2, 0.25) is 0 Å². The van der Waals surface area contributed by atoms with E-state index in [2.05, 4.69) is 61.4 Å². The van der Waals surface area contributed by atoms with Crippen molar-refractivity contribution in [3.8, 4) is 11.5 Å². The molecule has 2 atom stereocenters. The van der Waals surface area contributed by atoms with Crippen molar-refractivity contribution in [2.75, 3.05) is 12.4 Å². The minimum Gasteiger partial charge on any atom is -0.456 e. The Hall–Kier alpha value is -4.09. The highest BCUT2D eigenvalue weighted by molar-refractivity contribution is 5.97. The molecule has 1 spiro atoms. The molecule has 4 aromatic rings. The molecule has 2 aliphatic heterocycles. The van der Waals surface area contributed by atoms with Crippen LogP contribution in [0.4, 0.5) is 11.4 Å². The van der Waals surface area contributed by atoms with Crippen LogP contribution in [0.3, 0.4) is 0 Å². The number of ether oxygens (including phenoxy) is 2. The molecule has 5 heteroatoms. The third-order valence-electron chi connectivity index (χ3n) is 9.99. The van der Waals surface area contributed by atoms with Crippen molar-refractivity contribution in [3.63, 3.8) is 0 Å². The quantitative estimate of drug-likeness (QED) is 0.208. The second-order valence-electron chi connectivity index (χ2n) is 12.7. The maximum atomic E-state index is 13.5. The van der Waals surface area contributed by atoms with Crippen molar-refractivity contribution >= 4 is 17.3 Å². The van der Waals surface area contributed by atoms with E-state index < -0.39 is 5.60 Å². The molecule has 5 nitrogen and oxygen atoms in total. The Balaban J connectivity index is 1.36. The molecule has 226 valence electrons. The number of unbranched alkanes of at least 4 members (excludes halogenated alkanes) is 1. The van der Waals surface area contributed by atoms with Crippen LogP contribution in [0.5, 0.6) is 11.5 Å². The van der Waals surface area contributed by atoms with Crippen LogP contribution in [0.1, 0.15) is 103 Å². The van der Waals surface area contributed by atoms with Crippen molar-refractivity contribution in [2.45, 2.75) is 82.9 Å². The van der Waals surface area contributed by atoms with Crippen LogP contribution in [0.25, 0.3) is 0 Å². The summed E-state index contributed by atoms with van der Waals surface area (Å²) in [4.78, 5) is 16.1. The number of carbonyl (C=O) groups excluding carboxylic acids is 1. The third kappa shape index (κ3) is 4.88. The van der Waals surface area contributed by atoms with E-state index in [1.54, 1.807) is 0 Å². The van der Waals surface area contributed by atoms with Gasteiger partial charge >= 0.3 is 5.97 Å². The predicted octanol–water partition coefficient (Wildman–Crippen LogP) is 9.80. The van der Waals surface area contributed by atoms with Gasteiger partial charge in [-0.25, -0.2) is 4.79 Å². The molecule has 0 radical (unpaired) electrons. The van der Waals surface area contributed by atoms with Gasteiger partial charge in [0, 0.05) is 40.1 Å². The second kappa shape index (κ2) is 11.8. The molecule has 1 N–H and O–H groups in total. The van der Waals surface area contributed by atoms with E-state index in [1.807, 2.05) is 54.6 Å². The number of hydrogen-bond donors (Lipinski definition) is 1. The smallest absolute Gasteiger partial charge is 0.340 e. The zero-order valence-corrected chi connectivity index (χ0v) is 26.1. The minimum absolute atomic E-state index is 0.306. The topological polar surface area (TPSA) is 50.8 Å². The Kier molecular flexibility index (Phi) is 7.67. The van der Waals surface area contributed by atoms with E-state index in [1.165, 1.54) is 44.1 Å². The Morgan fingerprint density at radius 2 is 1.64 bits per heavy atom. The van der Waals surface area contributed by atoms with Gasteiger partial charge in [-0.3, -0.25) is 4.90 Å². The summed E-state index contributed by atoms with van der Waals surface area (Å²) in [6.45, 7) is 4.35. The van der Waals surface area contributed by atoms with E-state index >= 15 is 0 Å². The van der Waals surface area contributed by atoms with Gasteiger partial charge < -0.3 is 14.8 Å². The first-order chi connectivity index (χ1) is 21.5. The summed E-state index contributed by atoms with van der Waals surface area (Å²) >= 11 is 0. The normalized spacial score (nSPS) is 19.6. The predicted molar refractivity (Wildman–Crippen MR) is 176 cm³/mol. The number of aryl methyl sites for hydroxylation is 1.